The monoisotopic (exact) mass is 276 g/mol. The molecule has 5 heteroatoms. The molecule has 2 heterocycles. The van der Waals surface area contributed by atoms with Crippen molar-refractivity contribution >= 4 is 9.84 Å². The molecule has 1 aromatic carbocycles. The van der Waals surface area contributed by atoms with E-state index in [1.165, 1.54) is 5.56 Å². The number of aromatic nitrogens is 2. The standard InChI is InChI=1S/C14H16N2O2S/c1-11-2-4-12(5-3-11)13-8-15-16(9-13)14-6-7-19(17,18)10-14/h2-5,8-9,14H,6-7,10H2,1H3. The van der Waals surface area contributed by atoms with Gasteiger partial charge in [0.2, 0.25) is 0 Å². The van der Waals surface area contributed by atoms with E-state index < -0.39 is 9.84 Å². The predicted molar refractivity (Wildman–Crippen MR) is 74.7 cm³/mol. The van der Waals surface area contributed by atoms with Crippen LogP contribution < -0.4 is 0 Å². The van der Waals surface area contributed by atoms with Gasteiger partial charge in [-0.25, -0.2) is 8.42 Å². The van der Waals surface area contributed by atoms with Crippen LogP contribution in [0.3, 0.4) is 0 Å². The third-order valence-corrected chi connectivity index (χ3v) is 5.32. The predicted octanol–water partition coefficient (Wildman–Crippen LogP) is 2.22. The first-order valence-corrected chi connectivity index (χ1v) is 8.17. The number of aryl methyl sites for hydroxylation is 1. The summed E-state index contributed by atoms with van der Waals surface area (Å²) >= 11 is 0. The Morgan fingerprint density at radius 1 is 1.21 bits per heavy atom. The lowest BCUT2D eigenvalue weighted by Gasteiger charge is -2.07. The van der Waals surface area contributed by atoms with Crippen molar-refractivity contribution < 1.29 is 8.42 Å². The Balaban J connectivity index is 1.86. The largest absolute Gasteiger partial charge is 0.268 e. The normalized spacial score (nSPS) is 21.6. The molecule has 100 valence electrons. The second kappa shape index (κ2) is 4.49. The minimum absolute atomic E-state index is 0.0100. The zero-order valence-corrected chi connectivity index (χ0v) is 11.6. The number of sulfone groups is 1. The zero-order valence-electron chi connectivity index (χ0n) is 10.8. The van der Waals surface area contributed by atoms with E-state index in [0.29, 0.717) is 6.42 Å². The van der Waals surface area contributed by atoms with Crippen molar-refractivity contribution in [1.82, 2.24) is 9.78 Å². The number of benzene rings is 1. The van der Waals surface area contributed by atoms with E-state index >= 15 is 0 Å². The van der Waals surface area contributed by atoms with E-state index in [0.717, 1.165) is 11.1 Å². The molecule has 0 aliphatic carbocycles. The fraction of sp³-hybridized carbons (Fsp3) is 0.357. The summed E-state index contributed by atoms with van der Waals surface area (Å²) in [5.41, 5.74) is 3.36. The van der Waals surface area contributed by atoms with Crippen LogP contribution in [0.4, 0.5) is 0 Å². The highest BCUT2D eigenvalue weighted by atomic mass is 32.2. The highest BCUT2D eigenvalue weighted by Crippen LogP contribution is 2.26. The third-order valence-electron chi connectivity index (χ3n) is 3.57. The topological polar surface area (TPSA) is 52.0 Å². The van der Waals surface area contributed by atoms with Crippen molar-refractivity contribution in [2.24, 2.45) is 0 Å². The third kappa shape index (κ3) is 2.56. The quantitative estimate of drug-likeness (QED) is 0.845. The smallest absolute Gasteiger partial charge is 0.152 e. The van der Waals surface area contributed by atoms with Gasteiger partial charge in [-0.1, -0.05) is 29.8 Å². The Labute approximate surface area is 113 Å². The molecule has 1 saturated heterocycles. The molecule has 0 bridgehead atoms. The Morgan fingerprint density at radius 2 is 1.95 bits per heavy atom. The van der Waals surface area contributed by atoms with Crippen LogP contribution in [0.15, 0.2) is 36.7 Å². The molecule has 1 fully saturated rings. The minimum Gasteiger partial charge on any atom is -0.268 e. The van der Waals surface area contributed by atoms with E-state index in [1.54, 1.807) is 10.9 Å². The van der Waals surface area contributed by atoms with Gasteiger partial charge in [0.05, 0.1) is 23.7 Å². The second-order valence-electron chi connectivity index (χ2n) is 5.13. The van der Waals surface area contributed by atoms with Gasteiger partial charge < -0.3 is 0 Å². The molecule has 1 aromatic heterocycles. The van der Waals surface area contributed by atoms with E-state index in [-0.39, 0.29) is 17.5 Å². The first kappa shape index (κ1) is 12.4. The molecular formula is C14H16N2O2S. The maximum atomic E-state index is 11.5. The highest BCUT2D eigenvalue weighted by molar-refractivity contribution is 7.91. The fourth-order valence-corrected chi connectivity index (χ4v) is 4.12. The number of hydrogen-bond acceptors (Lipinski definition) is 3. The van der Waals surface area contributed by atoms with Crippen molar-refractivity contribution in [3.63, 3.8) is 0 Å². The Hall–Kier alpha value is -1.62. The summed E-state index contributed by atoms with van der Waals surface area (Å²) in [6.45, 7) is 2.05. The van der Waals surface area contributed by atoms with Crippen LogP contribution in [0.2, 0.25) is 0 Å². The van der Waals surface area contributed by atoms with Crippen LogP contribution in [-0.2, 0) is 9.84 Å². The average molecular weight is 276 g/mol. The summed E-state index contributed by atoms with van der Waals surface area (Å²) in [7, 11) is -2.87. The summed E-state index contributed by atoms with van der Waals surface area (Å²) in [4.78, 5) is 0. The number of rotatable bonds is 2. The van der Waals surface area contributed by atoms with Gasteiger partial charge in [-0.3, -0.25) is 4.68 Å². The maximum absolute atomic E-state index is 11.5. The van der Waals surface area contributed by atoms with E-state index in [9.17, 15) is 8.42 Å². The highest BCUT2D eigenvalue weighted by Gasteiger charge is 2.29. The van der Waals surface area contributed by atoms with Crippen LogP contribution in [0.25, 0.3) is 11.1 Å². The molecule has 19 heavy (non-hydrogen) atoms. The van der Waals surface area contributed by atoms with Gasteiger partial charge >= 0.3 is 0 Å². The summed E-state index contributed by atoms with van der Waals surface area (Å²) in [6, 6.07) is 8.23. The molecule has 4 nitrogen and oxygen atoms in total. The maximum Gasteiger partial charge on any atom is 0.152 e. The second-order valence-corrected chi connectivity index (χ2v) is 7.36. The molecule has 0 amide bonds. The summed E-state index contributed by atoms with van der Waals surface area (Å²) in [6.07, 6.45) is 4.41. The molecule has 1 unspecified atom stereocenters. The minimum atomic E-state index is -2.87. The molecule has 0 N–H and O–H groups in total. The lowest BCUT2D eigenvalue weighted by atomic mass is 10.1. The molecule has 1 aliphatic rings. The Morgan fingerprint density at radius 3 is 2.58 bits per heavy atom. The number of nitrogens with zero attached hydrogens (tertiary/aromatic N) is 2. The van der Waals surface area contributed by atoms with Crippen molar-refractivity contribution in [3.05, 3.63) is 42.2 Å². The summed E-state index contributed by atoms with van der Waals surface area (Å²) in [5.74, 6) is 0.486. The van der Waals surface area contributed by atoms with Gasteiger partial charge in [0, 0.05) is 11.8 Å². The van der Waals surface area contributed by atoms with Gasteiger partial charge in [-0.2, -0.15) is 5.10 Å². The van der Waals surface area contributed by atoms with Crippen molar-refractivity contribution in [3.8, 4) is 11.1 Å². The molecule has 3 rings (SSSR count). The lowest BCUT2D eigenvalue weighted by Crippen LogP contribution is -2.11. The number of hydrogen-bond donors (Lipinski definition) is 0. The molecular weight excluding hydrogens is 260 g/mol. The SMILES string of the molecule is Cc1ccc(-c2cnn(C3CCS(=O)(=O)C3)c2)cc1. The molecule has 0 radical (unpaired) electrons. The molecule has 2 aromatic rings. The van der Waals surface area contributed by atoms with Gasteiger partial charge in [0.25, 0.3) is 0 Å². The van der Waals surface area contributed by atoms with E-state index in [2.05, 4.69) is 36.3 Å². The van der Waals surface area contributed by atoms with E-state index in [1.807, 2.05) is 6.20 Å². The van der Waals surface area contributed by atoms with Crippen molar-refractivity contribution in [2.75, 3.05) is 11.5 Å². The first-order chi connectivity index (χ1) is 9.03. The van der Waals surface area contributed by atoms with Gasteiger partial charge in [-0.05, 0) is 18.9 Å². The Kier molecular flexibility index (Phi) is 2.93. The van der Waals surface area contributed by atoms with E-state index in [4.69, 9.17) is 0 Å². The summed E-state index contributed by atoms with van der Waals surface area (Å²) in [5, 5.41) is 4.31. The molecule has 0 saturated carbocycles. The van der Waals surface area contributed by atoms with Crippen LogP contribution in [0, 0.1) is 6.92 Å². The first-order valence-electron chi connectivity index (χ1n) is 6.35. The van der Waals surface area contributed by atoms with Gasteiger partial charge in [-0.15, -0.1) is 0 Å². The molecule has 0 spiro atoms. The fourth-order valence-electron chi connectivity index (χ4n) is 2.42. The van der Waals surface area contributed by atoms with Crippen LogP contribution in [-0.4, -0.2) is 29.7 Å². The van der Waals surface area contributed by atoms with Crippen LogP contribution >= 0.6 is 0 Å². The van der Waals surface area contributed by atoms with Gasteiger partial charge in [0.1, 0.15) is 0 Å². The molecule has 1 atom stereocenters. The summed E-state index contributed by atoms with van der Waals surface area (Å²) < 4.78 is 24.8. The van der Waals surface area contributed by atoms with Crippen LogP contribution in [0.1, 0.15) is 18.0 Å². The zero-order chi connectivity index (χ0) is 13.5. The average Bonchev–Trinajstić information content (AvgIpc) is 2.96. The molecule has 1 aliphatic heterocycles. The van der Waals surface area contributed by atoms with Gasteiger partial charge in [0.15, 0.2) is 9.84 Å². The van der Waals surface area contributed by atoms with Crippen LogP contribution in [0.5, 0.6) is 0 Å². The van der Waals surface area contributed by atoms with Crippen molar-refractivity contribution in [2.45, 2.75) is 19.4 Å². The van der Waals surface area contributed by atoms with Crippen molar-refractivity contribution in [1.29, 1.82) is 0 Å². The Bertz CT molecular complexity index is 686. The lowest BCUT2D eigenvalue weighted by molar-refractivity contribution is 0.500.